The second-order valence-corrected chi connectivity index (χ2v) is 7.92. The third-order valence-electron chi connectivity index (χ3n) is 5.38. The fraction of sp³-hybridized carbons (Fsp3) is 0.409. The fourth-order valence-corrected chi connectivity index (χ4v) is 3.69. The highest BCUT2D eigenvalue weighted by molar-refractivity contribution is 5.80. The third-order valence-corrected chi connectivity index (χ3v) is 5.38. The van der Waals surface area contributed by atoms with E-state index in [2.05, 4.69) is 28.7 Å². The molecule has 2 aromatic heterocycles. The minimum Gasteiger partial charge on any atom is -0.353 e. The van der Waals surface area contributed by atoms with Crippen molar-refractivity contribution in [1.82, 2.24) is 24.4 Å². The molecule has 0 saturated carbocycles. The van der Waals surface area contributed by atoms with E-state index in [1.807, 2.05) is 42.2 Å². The van der Waals surface area contributed by atoms with Gasteiger partial charge in [0.1, 0.15) is 18.2 Å². The first kappa shape index (κ1) is 20.0. The van der Waals surface area contributed by atoms with Gasteiger partial charge in [-0.25, -0.2) is 15.0 Å². The zero-order chi connectivity index (χ0) is 21.3. The predicted molar refractivity (Wildman–Crippen MR) is 116 cm³/mol. The van der Waals surface area contributed by atoms with Gasteiger partial charge in [-0.15, -0.1) is 0 Å². The first-order valence-corrected chi connectivity index (χ1v) is 10.3. The van der Waals surface area contributed by atoms with E-state index >= 15 is 0 Å². The number of amides is 1. The molecular weight excluding hydrogens is 380 g/mol. The fourth-order valence-electron chi connectivity index (χ4n) is 3.69. The van der Waals surface area contributed by atoms with Gasteiger partial charge in [-0.2, -0.15) is 0 Å². The summed E-state index contributed by atoms with van der Waals surface area (Å²) in [6.07, 6.45) is 1.28. The van der Waals surface area contributed by atoms with E-state index in [0.717, 1.165) is 17.3 Å². The lowest BCUT2D eigenvalue weighted by atomic mass is 10.2. The molecule has 156 valence electrons. The van der Waals surface area contributed by atoms with Crippen LogP contribution in [0.2, 0.25) is 0 Å². The molecule has 0 N–H and O–H groups in total. The van der Waals surface area contributed by atoms with Gasteiger partial charge in [0.2, 0.25) is 5.91 Å². The summed E-state index contributed by atoms with van der Waals surface area (Å²) in [5.74, 6) is 1.96. The molecule has 4 rings (SSSR count). The summed E-state index contributed by atoms with van der Waals surface area (Å²) in [5.41, 5.74) is 2.06. The normalized spacial score (nSPS) is 14.5. The number of para-hydroxylation sites is 2. The van der Waals surface area contributed by atoms with E-state index in [4.69, 9.17) is 4.98 Å². The number of nitrogens with zero attached hydrogens (tertiary/aromatic N) is 6. The highest BCUT2D eigenvalue weighted by Crippen LogP contribution is 2.19. The van der Waals surface area contributed by atoms with E-state index in [1.165, 1.54) is 10.8 Å². The number of hydrogen-bond donors (Lipinski definition) is 0. The SMILES string of the molecule is Cc1cc(N2CCN(C(=O)Cn3c(=O)cnc4ccccc43)CC2)nc(C(C)C)n1. The number of aryl methyl sites for hydroxylation is 1. The van der Waals surface area contributed by atoms with Crippen LogP contribution >= 0.6 is 0 Å². The van der Waals surface area contributed by atoms with Gasteiger partial charge < -0.3 is 9.80 Å². The Morgan fingerprint density at radius 1 is 1.10 bits per heavy atom. The maximum atomic E-state index is 12.9. The van der Waals surface area contributed by atoms with Crippen molar-refractivity contribution in [2.24, 2.45) is 0 Å². The number of carbonyl (C=O) groups excluding carboxylic acids is 1. The highest BCUT2D eigenvalue weighted by Gasteiger charge is 2.23. The van der Waals surface area contributed by atoms with Crippen LogP contribution in [-0.2, 0) is 11.3 Å². The van der Waals surface area contributed by atoms with Gasteiger partial charge in [0, 0.05) is 43.9 Å². The molecule has 1 fully saturated rings. The average molecular weight is 406 g/mol. The summed E-state index contributed by atoms with van der Waals surface area (Å²) in [6, 6.07) is 9.36. The van der Waals surface area contributed by atoms with Gasteiger partial charge in [-0.1, -0.05) is 26.0 Å². The molecule has 1 aliphatic heterocycles. The summed E-state index contributed by atoms with van der Waals surface area (Å²) in [4.78, 5) is 42.6. The molecular formula is C22H26N6O2. The molecule has 1 amide bonds. The molecule has 0 radical (unpaired) electrons. The molecule has 0 aliphatic carbocycles. The van der Waals surface area contributed by atoms with Gasteiger partial charge >= 0.3 is 0 Å². The van der Waals surface area contributed by atoms with Crippen LogP contribution in [0.1, 0.15) is 31.3 Å². The number of hydrogen-bond acceptors (Lipinski definition) is 6. The minimum absolute atomic E-state index is 0.0198. The van der Waals surface area contributed by atoms with Crippen molar-refractivity contribution in [2.45, 2.75) is 33.2 Å². The van der Waals surface area contributed by atoms with Crippen LogP contribution in [0.3, 0.4) is 0 Å². The Balaban J connectivity index is 1.46. The second-order valence-electron chi connectivity index (χ2n) is 7.92. The lowest BCUT2D eigenvalue weighted by Crippen LogP contribution is -2.50. The molecule has 8 nitrogen and oxygen atoms in total. The van der Waals surface area contributed by atoms with Gasteiger partial charge in [-0.3, -0.25) is 14.2 Å². The number of anilines is 1. The Hall–Kier alpha value is -3.29. The molecule has 8 heteroatoms. The largest absolute Gasteiger partial charge is 0.353 e. The van der Waals surface area contributed by atoms with E-state index in [0.29, 0.717) is 37.2 Å². The molecule has 0 atom stereocenters. The first-order valence-electron chi connectivity index (χ1n) is 10.3. The van der Waals surface area contributed by atoms with Gasteiger partial charge in [0.25, 0.3) is 5.56 Å². The maximum Gasteiger partial charge on any atom is 0.269 e. The summed E-state index contributed by atoms with van der Waals surface area (Å²) < 4.78 is 1.50. The molecule has 0 unspecified atom stereocenters. The van der Waals surface area contributed by atoms with Crippen molar-refractivity contribution in [3.05, 3.63) is 58.4 Å². The quantitative estimate of drug-likeness (QED) is 0.659. The van der Waals surface area contributed by atoms with Crippen molar-refractivity contribution >= 4 is 22.8 Å². The van der Waals surface area contributed by atoms with E-state index in [-0.39, 0.29) is 23.9 Å². The smallest absolute Gasteiger partial charge is 0.269 e. The molecule has 3 heterocycles. The van der Waals surface area contributed by atoms with Crippen LogP contribution < -0.4 is 10.5 Å². The number of rotatable bonds is 4. The van der Waals surface area contributed by atoms with Crippen molar-refractivity contribution < 1.29 is 4.79 Å². The Bertz CT molecular complexity index is 1130. The third kappa shape index (κ3) is 4.03. The van der Waals surface area contributed by atoms with Gasteiger partial charge in [0.05, 0.1) is 17.2 Å². The molecule has 1 aliphatic rings. The van der Waals surface area contributed by atoms with Crippen LogP contribution in [0.25, 0.3) is 11.0 Å². The first-order chi connectivity index (χ1) is 14.4. The molecule has 1 saturated heterocycles. The maximum absolute atomic E-state index is 12.9. The molecule has 3 aromatic rings. The molecule has 30 heavy (non-hydrogen) atoms. The van der Waals surface area contributed by atoms with Crippen LogP contribution in [0.5, 0.6) is 0 Å². The molecule has 1 aromatic carbocycles. The molecule has 0 bridgehead atoms. The standard InChI is InChI=1S/C22H26N6O2/c1-15(2)22-24-16(3)12-19(25-22)26-8-10-27(11-9-26)21(30)14-28-18-7-5-4-6-17(18)23-13-20(28)29/h4-7,12-13,15H,8-11,14H2,1-3H3. The van der Waals surface area contributed by atoms with Crippen molar-refractivity contribution in [2.75, 3.05) is 31.1 Å². The van der Waals surface area contributed by atoms with Crippen LogP contribution in [0, 0.1) is 6.92 Å². The lowest BCUT2D eigenvalue weighted by Gasteiger charge is -2.35. The van der Waals surface area contributed by atoms with Crippen LogP contribution in [0.4, 0.5) is 5.82 Å². The Morgan fingerprint density at radius 2 is 1.83 bits per heavy atom. The Labute approximate surface area is 175 Å². The average Bonchev–Trinajstić information content (AvgIpc) is 2.75. The number of benzene rings is 1. The number of fused-ring (bicyclic) bond motifs is 1. The summed E-state index contributed by atoms with van der Waals surface area (Å²) >= 11 is 0. The zero-order valence-electron chi connectivity index (χ0n) is 17.6. The molecule has 0 spiro atoms. The van der Waals surface area contributed by atoms with Crippen LogP contribution in [-0.4, -0.2) is 56.5 Å². The predicted octanol–water partition coefficient (Wildman–Crippen LogP) is 1.97. The monoisotopic (exact) mass is 406 g/mol. The van der Waals surface area contributed by atoms with Crippen LogP contribution in [0.15, 0.2) is 41.3 Å². The Morgan fingerprint density at radius 3 is 2.57 bits per heavy atom. The Kier molecular flexibility index (Phi) is 5.48. The summed E-state index contributed by atoms with van der Waals surface area (Å²) in [7, 11) is 0. The van der Waals surface area contributed by atoms with Gasteiger partial charge in [-0.05, 0) is 19.1 Å². The van der Waals surface area contributed by atoms with Gasteiger partial charge in [0.15, 0.2) is 0 Å². The van der Waals surface area contributed by atoms with E-state index < -0.39 is 0 Å². The number of aromatic nitrogens is 4. The lowest BCUT2D eigenvalue weighted by molar-refractivity contribution is -0.132. The topological polar surface area (TPSA) is 84.2 Å². The van der Waals surface area contributed by atoms with E-state index in [9.17, 15) is 9.59 Å². The summed E-state index contributed by atoms with van der Waals surface area (Å²) in [5, 5.41) is 0. The zero-order valence-corrected chi connectivity index (χ0v) is 17.6. The minimum atomic E-state index is -0.265. The number of piperazine rings is 1. The van der Waals surface area contributed by atoms with Crippen molar-refractivity contribution in [3.63, 3.8) is 0 Å². The number of carbonyl (C=O) groups is 1. The van der Waals surface area contributed by atoms with Crippen molar-refractivity contribution in [1.29, 1.82) is 0 Å². The van der Waals surface area contributed by atoms with Crippen molar-refractivity contribution in [3.8, 4) is 0 Å². The van der Waals surface area contributed by atoms with E-state index in [1.54, 1.807) is 0 Å². The highest BCUT2D eigenvalue weighted by atomic mass is 16.2. The second kappa shape index (κ2) is 8.22. The summed E-state index contributed by atoms with van der Waals surface area (Å²) in [6.45, 7) is 8.75.